The highest BCUT2D eigenvalue weighted by Gasteiger charge is 2.08. The fourth-order valence-electron chi connectivity index (χ4n) is 1.62. The van der Waals surface area contributed by atoms with Crippen LogP contribution in [-0.4, -0.2) is 33.3 Å². The van der Waals surface area contributed by atoms with Crippen LogP contribution in [0.15, 0.2) is 17.2 Å². The van der Waals surface area contributed by atoms with E-state index in [2.05, 4.69) is 15.3 Å². The summed E-state index contributed by atoms with van der Waals surface area (Å²) in [6, 6.07) is 3.21. The van der Waals surface area contributed by atoms with Gasteiger partial charge in [-0.3, -0.25) is 5.10 Å². The van der Waals surface area contributed by atoms with Gasteiger partial charge in [0.25, 0.3) is 0 Å². The fourth-order valence-corrected chi connectivity index (χ4v) is 2.04. The first kappa shape index (κ1) is 14.5. The van der Waals surface area contributed by atoms with Crippen molar-refractivity contribution in [3.8, 4) is 11.5 Å². The lowest BCUT2D eigenvalue weighted by molar-refractivity contribution is 0.373. The Labute approximate surface area is 125 Å². The lowest BCUT2D eigenvalue weighted by Gasteiger charge is -2.06. The average Bonchev–Trinajstić information content (AvgIpc) is 2.80. The van der Waals surface area contributed by atoms with Crippen molar-refractivity contribution in [1.82, 2.24) is 14.9 Å². The monoisotopic (exact) mass is 312 g/mol. The van der Waals surface area contributed by atoms with E-state index in [0.29, 0.717) is 16.8 Å². The molecule has 2 N–H and O–H groups in total. The van der Waals surface area contributed by atoms with Gasteiger partial charge in [-0.25, -0.2) is 0 Å². The molecule has 1 aromatic carbocycles. The number of aromatic hydroxyl groups is 1. The van der Waals surface area contributed by atoms with Crippen LogP contribution in [0.5, 0.6) is 11.5 Å². The van der Waals surface area contributed by atoms with Crippen molar-refractivity contribution in [2.24, 2.45) is 5.10 Å². The van der Waals surface area contributed by atoms with E-state index >= 15 is 0 Å². The lowest BCUT2D eigenvalue weighted by Crippen LogP contribution is -1.97. The molecule has 2 aromatic rings. The third-order valence-corrected chi connectivity index (χ3v) is 3.18. The van der Waals surface area contributed by atoms with Gasteiger partial charge in [-0.1, -0.05) is 18.5 Å². The molecule has 8 heteroatoms. The number of aryl methyl sites for hydroxylation is 1. The lowest BCUT2D eigenvalue weighted by atomic mass is 10.2. The zero-order valence-corrected chi connectivity index (χ0v) is 12.5. The van der Waals surface area contributed by atoms with Gasteiger partial charge in [0, 0.05) is 6.42 Å². The Morgan fingerprint density at radius 1 is 1.60 bits per heavy atom. The van der Waals surface area contributed by atoms with E-state index in [9.17, 15) is 5.11 Å². The summed E-state index contributed by atoms with van der Waals surface area (Å²) in [6.45, 7) is 1.96. The van der Waals surface area contributed by atoms with E-state index < -0.39 is 0 Å². The molecule has 0 saturated heterocycles. The number of methoxy groups -OCH3 is 1. The van der Waals surface area contributed by atoms with Gasteiger partial charge >= 0.3 is 0 Å². The van der Waals surface area contributed by atoms with Gasteiger partial charge in [-0.05, 0) is 29.9 Å². The van der Waals surface area contributed by atoms with E-state index in [0.717, 1.165) is 5.82 Å². The van der Waals surface area contributed by atoms with Crippen molar-refractivity contribution in [3.05, 3.63) is 33.3 Å². The highest BCUT2D eigenvalue weighted by molar-refractivity contribution is 7.71. The molecule has 1 aromatic heterocycles. The number of hydrogen-bond acceptors (Lipinski definition) is 5. The second-order valence-corrected chi connectivity index (χ2v) is 4.70. The molecule has 0 radical (unpaired) electrons. The molecule has 2 rings (SSSR count). The Morgan fingerprint density at radius 2 is 2.35 bits per heavy atom. The number of phenols is 1. The van der Waals surface area contributed by atoms with Crippen LogP contribution in [-0.2, 0) is 6.42 Å². The number of H-pyrrole nitrogens is 1. The maximum Gasteiger partial charge on any atom is 0.216 e. The van der Waals surface area contributed by atoms with Crippen molar-refractivity contribution in [1.29, 1.82) is 0 Å². The number of halogens is 1. The molecule has 0 aliphatic carbocycles. The Kier molecular flexibility index (Phi) is 4.41. The smallest absolute Gasteiger partial charge is 0.216 e. The van der Waals surface area contributed by atoms with Gasteiger partial charge in [-0.15, -0.1) is 0 Å². The van der Waals surface area contributed by atoms with Crippen molar-refractivity contribution in [2.75, 3.05) is 7.11 Å². The summed E-state index contributed by atoms with van der Waals surface area (Å²) in [4.78, 5) is 0. The molecule has 1 heterocycles. The molecule has 0 aliphatic rings. The van der Waals surface area contributed by atoms with Crippen LogP contribution in [0.1, 0.15) is 18.3 Å². The second-order valence-electron chi connectivity index (χ2n) is 3.91. The van der Waals surface area contributed by atoms with Gasteiger partial charge in [0.1, 0.15) is 0 Å². The van der Waals surface area contributed by atoms with E-state index in [1.165, 1.54) is 11.8 Å². The van der Waals surface area contributed by atoms with E-state index in [1.54, 1.807) is 18.3 Å². The van der Waals surface area contributed by atoms with Crippen molar-refractivity contribution >= 4 is 30.0 Å². The van der Waals surface area contributed by atoms with E-state index in [4.69, 9.17) is 28.6 Å². The van der Waals surface area contributed by atoms with E-state index in [-0.39, 0.29) is 16.5 Å². The maximum absolute atomic E-state index is 9.66. The predicted octanol–water partition coefficient (Wildman–Crippen LogP) is 2.75. The standard InChI is InChI=1S/C12H13ClN4O2S/c1-3-10-15-16-12(20)17(10)14-6-7-4-8(13)11(18)9(5-7)19-2/h4-6,18H,3H2,1-2H3,(H,16,20)/b14-6-. The molecule has 0 fully saturated rings. The van der Waals surface area contributed by atoms with E-state index in [1.807, 2.05) is 6.92 Å². The summed E-state index contributed by atoms with van der Waals surface area (Å²) >= 11 is 11.0. The highest BCUT2D eigenvalue weighted by atomic mass is 35.5. The molecule has 0 saturated carbocycles. The Hall–Kier alpha value is -1.86. The van der Waals surface area contributed by atoms with Crippen LogP contribution < -0.4 is 4.74 Å². The number of benzene rings is 1. The van der Waals surface area contributed by atoms with Crippen LogP contribution in [0.2, 0.25) is 5.02 Å². The number of rotatable bonds is 4. The summed E-state index contributed by atoms with van der Waals surface area (Å²) in [5, 5.41) is 20.8. The number of ether oxygens (including phenoxy) is 1. The molecular formula is C12H13ClN4O2S. The number of nitrogens with zero attached hydrogens (tertiary/aromatic N) is 3. The minimum absolute atomic E-state index is 0.0968. The quantitative estimate of drug-likeness (QED) is 0.672. The molecular weight excluding hydrogens is 300 g/mol. The van der Waals surface area contributed by atoms with Crippen molar-refractivity contribution < 1.29 is 9.84 Å². The summed E-state index contributed by atoms with van der Waals surface area (Å²) in [5.41, 5.74) is 0.676. The fraction of sp³-hybridized carbons (Fsp3) is 0.250. The first-order valence-corrected chi connectivity index (χ1v) is 6.62. The molecule has 0 spiro atoms. The van der Waals surface area contributed by atoms with Gasteiger partial charge in [0.2, 0.25) is 4.77 Å². The number of aromatic amines is 1. The van der Waals surface area contributed by atoms with Gasteiger partial charge in [0.05, 0.1) is 18.3 Å². The first-order valence-electron chi connectivity index (χ1n) is 5.84. The number of phenolic OH excluding ortho intramolecular Hbond substituents is 1. The third kappa shape index (κ3) is 2.83. The van der Waals surface area contributed by atoms with Gasteiger partial charge < -0.3 is 9.84 Å². The summed E-state index contributed by atoms with van der Waals surface area (Å²) in [7, 11) is 1.45. The van der Waals surface area contributed by atoms with Gasteiger partial charge in [-0.2, -0.15) is 14.9 Å². The predicted molar refractivity (Wildman–Crippen MR) is 79.5 cm³/mol. The minimum Gasteiger partial charge on any atom is -0.503 e. The van der Waals surface area contributed by atoms with Crippen LogP contribution in [0.4, 0.5) is 0 Å². The SMILES string of the molecule is CCc1n[nH]c(=S)n1/N=C\c1cc(Cl)c(O)c(OC)c1. The van der Waals surface area contributed by atoms with Crippen LogP contribution in [0.25, 0.3) is 0 Å². The molecule has 0 amide bonds. The van der Waals surface area contributed by atoms with Crippen molar-refractivity contribution in [2.45, 2.75) is 13.3 Å². The summed E-state index contributed by atoms with van der Waals surface area (Å²) in [6.07, 6.45) is 2.27. The minimum atomic E-state index is -0.0968. The topological polar surface area (TPSA) is 75.4 Å². The molecule has 20 heavy (non-hydrogen) atoms. The second kappa shape index (κ2) is 6.06. The third-order valence-electron chi connectivity index (χ3n) is 2.63. The zero-order valence-electron chi connectivity index (χ0n) is 10.9. The van der Waals surface area contributed by atoms with Crippen LogP contribution >= 0.6 is 23.8 Å². The van der Waals surface area contributed by atoms with Crippen molar-refractivity contribution in [3.63, 3.8) is 0 Å². The summed E-state index contributed by atoms with van der Waals surface area (Å²) < 4.78 is 6.97. The number of hydrogen-bond donors (Lipinski definition) is 2. The first-order chi connectivity index (χ1) is 9.56. The zero-order chi connectivity index (χ0) is 14.7. The van der Waals surface area contributed by atoms with Crippen LogP contribution in [0.3, 0.4) is 0 Å². The maximum atomic E-state index is 9.66. The Morgan fingerprint density at radius 3 is 3.00 bits per heavy atom. The Bertz CT molecular complexity index is 708. The molecule has 0 atom stereocenters. The molecule has 0 aliphatic heterocycles. The number of nitrogens with one attached hydrogen (secondary N) is 1. The number of aromatic nitrogens is 3. The van der Waals surface area contributed by atoms with Gasteiger partial charge in [0.15, 0.2) is 17.3 Å². The molecule has 6 nitrogen and oxygen atoms in total. The summed E-state index contributed by atoms with van der Waals surface area (Å²) in [5.74, 6) is 0.911. The average molecular weight is 313 g/mol. The van der Waals surface area contributed by atoms with Crippen LogP contribution in [0, 0.1) is 4.77 Å². The normalized spacial score (nSPS) is 11.2. The molecule has 0 bridgehead atoms. The highest BCUT2D eigenvalue weighted by Crippen LogP contribution is 2.34. The largest absolute Gasteiger partial charge is 0.503 e. The Balaban J connectivity index is 2.39. The molecule has 0 unspecified atom stereocenters. The molecule has 106 valence electrons.